The Morgan fingerprint density at radius 2 is 2.35 bits per heavy atom. The van der Waals surface area contributed by atoms with Crippen molar-refractivity contribution in [2.75, 3.05) is 19.7 Å². The largest absolute Gasteiger partial charge is 0.378 e. The molecule has 0 aliphatic carbocycles. The van der Waals surface area contributed by atoms with E-state index in [4.69, 9.17) is 14.2 Å². The van der Waals surface area contributed by atoms with E-state index in [1.165, 1.54) is 6.42 Å². The van der Waals surface area contributed by atoms with Gasteiger partial charge in [-0.2, -0.15) is 4.98 Å². The summed E-state index contributed by atoms with van der Waals surface area (Å²) < 4.78 is 11.3. The monoisotopic (exact) mass is 279 g/mol. The number of hydrogen-bond acceptors (Lipinski definition) is 5. The van der Waals surface area contributed by atoms with E-state index >= 15 is 0 Å². The maximum atomic E-state index is 5.65. The van der Waals surface area contributed by atoms with Crippen LogP contribution < -0.4 is 5.32 Å². The van der Waals surface area contributed by atoms with E-state index < -0.39 is 0 Å². The molecule has 1 aromatic rings. The van der Waals surface area contributed by atoms with Crippen molar-refractivity contribution in [2.45, 2.75) is 63.4 Å². The molecule has 1 N–H and O–H groups in total. The molecule has 0 bridgehead atoms. The molecule has 5 nitrogen and oxygen atoms in total. The van der Waals surface area contributed by atoms with Crippen LogP contribution in [0.3, 0.4) is 0 Å². The second-order valence-electron chi connectivity index (χ2n) is 6.17. The summed E-state index contributed by atoms with van der Waals surface area (Å²) in [5.41, 5.74) is 0.0504. The highest BCUT2D eigenvalue weighted by molar-refractivity contribution is 5.09. The van der Waals surface area contributed by atoms with Crippen molar-refractivity contribution in [3.63, 3.8) is 0 Å². The van der Waals surface area contributed by atoms with Crippen LogP contribution >= 0.6 is 0 Å². The number of hydrogen-bond donors (Lipinski definition) is 1. The van der Waals surface area contributed by atoms with Crippen molar-refractivity contribution in [3.8, 4) is 0 Å². The number of rotatable bonds is 5. The van der Waals surface area contributed by atoms with Crippen LogP contribution in [-0.4, -0.2) is 35.9 Å². The van der Waals surface area contributed by atoms with Gasteiger partial charge in [-0.3, -0.25) is 0 Å². The Morgan fingerprint density at radius 1 is 1.40 bits per heavy atom. The lowest BCUT2D eigenvalue weighted by molar-refractivity contribution is 0.109. The third-order valence-corrected chi connectivity index (χ3v) is 4.56. The molecular formula is C15H25N3O2. The maximum Gasteiger partial charge on any atom is 0.234 e. The van der Waals surface area contributed by atoms with Crippen molar-refractivity contribution >= 4 is 0 Å². The van der Waals surface area contributed by atoms with Crippen molar-refractivity contribution in [1.82, 2.24) is 15.5 Å². The molecule has 3 rings (SSSR count). The average Bonchev–Trinajstić information content (AvgIpc) is 3.13. The van der Waals surface area contributed by atoms with Crippen LogP contribution in [0.5, 0.6) is 0 Å². The van der Waals surface area contributed by atoms with Crippen molar-refractivity contribution in [3.05, 3.63) is 11.7 Å². The first-order valence-electron chi connectivity index (χ1n) is 7.98. The van der Waals surface area contributed by atoms with E-state index in [9.17, 15) is 0 Å². The van der Waals surface area contributed by atoms with Gasteiger partial charge in [0.05, 0.1) is 11.5 Å². The molecule has 112 valence electrons. The van der Waals surface area contributed by atoms with Gasteiger partial charge in [0, 0.05) is 19.6 Å². The highest BCUT2D eigenvalue weighted by Crippen LogP contribution is 2.34. The van der Waals surface area contributed by atoms with Crippen molar-refractivity contribution in [1.29, 1.82) is 0 Å². The molecule has 0 saturated carbocycles. The molecule has 0 radical (unpaired) electrons. The van der Waals surface area contributed by atoms with Crippen LogP contribution in [0.25, 0.3) is 0 Å². The Hall–Kier alpha value is -0.940. The Morgan fingerprint density at radius 3 is 3.05 bits per heavy atom. The summed E-state index contributed by atoms with van der Waals surface area (Å²) in [6.45, 7) is 5.16. The van der Waals surface area contributed by atoms with Gasteiger partial charge in [-0.05, 0) is 38.6 Å². The number of aromatic nitrogens is 2. The van der Waals surface area contributed by atoms with E-state index in [0.717, 1.165) is 69.9 Å². The summed E-state index contributed by atoms with van der Waals surface area (Å²) in [6.07, 6.45) is 7.93. The predicted molar refractivity (Wildman–Crippen MR) is 75.7 cm³/mol. The molecule has 0 spiro atoms. The second kappa shape index (κ2) is 6.22. The lowest BCUT2D eigenvalue weighted by Crippen LogP contribution is -2.43. The zero-order chi connectivity index (χ0) is 13.8. The lowest BCUT2D eigenvalue weighted by atomic mass is 9.77. The number of nitrogens with zero attached hydrogens (tertiary/aromatic N) is 2. The summed E-state index contributed by atoms with van der Waals surface area (Å²) in [7, 11) is 0. The predicted octanol–water partition coefficient (Wildman–Crippen LogP) is 2.21. The van der Waals surface area contributed by atoms with Crippen LogP contribution in [0.1, 0.15) is 57.2 Å². The van der Waals surface area contributed by atoms with Gasteiger partial charge in [0.25, 0.3) is 0 Å². The van der Waals surface area contributed by atoms with Gasteiger partial charge in [0.1, 0.15) is 0 Å². The van der Waals surface area contributed by atoms with Crippen molar-refractivity contribution in [2.24, 2.45) is 0 Å². The molecule has 2 saturated heterocycles. The zero-order valence-electron chi connectivity index (χ0n) is 12.4. The first kappa shape index (κ1) is 14.0. The molecule has 2 fully saturated rings. The van der Waals surface area contributed by atoms with Crippen LogP contribution in [0.2, 0.25) is 0 Å². The zero-order valence-corrected chi connectivity index (χ0v) is 12.4. The second-order valence-corrected chi connectivity index (χ2v) is 6.17. The lowest BCUT2D eigenvalue weighted by Gasteiger charge is -2.34. The fraction of sp³-hybridized carbons (Fsp3) is 0.867. The van der Waals surface area contributed by atoms with Gasteiger partial charge >= 0.3 is 0 Å². The Bertz CT molecular complexity index is 415. The highest BCUT2D eigenvalue weighted by atomic mass is 16.5. The Kier molecular flexibility index (Phi) is 4.36. The van der Waals surface area contributed by atoms with Gasteiger partial charge in [-0.1, -0.05) is 18.5 Å². The van der Waals surface area contributed by atoms with Gasteiger partial charge < -0.3 is 14.6 Å². The highest BCUT2D eigenvalue weighted by Gasteiger charge is 2.38. The first-order valence-corrected chi connectivity index (χ1v) is 7.98. The first-order chi connectivity index (χ1) is 9.82. The quantitative estimate of drug-likeness (QED) is 0.895. The van der Waals surface area contributed by atoms with E-state index in [1.54, 1.807) is 0 Å². The van der Waals surface area contributed by atoms with E-state index in [0.29, 0.717) is 0 Å². The Balaban J connectivity index is 1.72. The molecule has 1 aromatic heterocycles. The molecule has 0 amide bonds. The van der Waals surface area contributed by atoms with Gasteiger partial charge in [0.15, 0.2) is 5.82 Å². The van der Waals surface area contributed by atoms with Crippen LogP contribution in [-0.2, 0) is 16.6 Å². The number of piperidine rings is 1. The summed E-state index contributed by atoms with van der Waals surface area (Å²) in [5, 5.41) is 7.68. The Labute approximate surface area is 120 Å². The molecule has 5 heteroatoms. The summed E-state index contributed by atoms with van der Waals surface area (Å²) in [5.74, 6) is 1.65. The fourth-order valence-corrected chi connectivity index (χ4v) is 3.51. The summed E-state index contributed by atoms with van der Waals surface area (Å²) >= 11 is 0. The van der Waals surface area contributed by atoms with Gasteiger partial charge in [-0.15, -0.1) is 0 Å². The molecular weight excluding hydrogens is 254 g/mol. The standard InChI is InChI=1S/C15H25N3O2/c1-2-6-15(7-4-8-16-11-15)14-17-13(18-20-14)10-12-5-3-9-19-12/h12,16H,2-11H2,1H3. The molecule has 3 heterocycles. The van der Waals surface area contributed by atoms with Gasteiger partial charge in [0.2, 0.25) is 5.89 Å². The summed E-state index contributed by atoms with van der Waals surface area (Å²) in [4.78, 5) is 4.69. The molecule has 0 aromatic carbocycles. The molecule has 2 aliphatic rings. The van der Waals surface area contributed by atoms with Crippen LogP contribution in [0.4, 0.5) is 0 Å². The third-order valence-electron chi connectivity index (χ3n) is 4.56. The molecule has 2 atom stereocenters. The third kappa shape index (κ3) is 2.88. The van der Waals surface area contributed by atoms with E-state index in [-0.39, 0.29) is 11.5 Å². The van der Waals surface area contributed by atoms with E-state index in [1.807, 2.05) is 0 Å². The molecule has 2 aliphatic heterocycles. The van der Waals surface area contributed by atoms with Gasteiger partial charge in [-0.25, -0.2) is 0 Å². The fourth-order valence-electron chi connectivity index (χ4n) is 3.51. The number of ether oxygens (including phenoxy) is 1. The molecule has 2 unspecified atom stereocenters. The minimum Gasteiger partial charge on any atom is -0.378 e. The normalized spacial score (nSPS) is 30.8. The number of nitrogens with one attached hydrogen (secondary N) is 1. The van der Waals surface area contributed by atoms with Crippen molar-refractivity contribution < 1.29 is 9.26 Å². The van der Waals surface area contributed by atoms with E-state index in [2.05, 4.69) is 17.4 Å². The smallest absolute Gasteiger partial charge is 0.234 e. The topological polar surface area (TPSA) is 60.2 Å². The summed E-state index contributed by atoms with van der Waals surface area (Å²) in [6, 6.07) is 0. The SMILES string of the molecule is CCCC1(c2nc(CC3CCCO3)no2)CCCNC1. The minimum absolute atomic E-state index is 0.0504. The molecule has 20 heavy (non-hydrogen) atoms. The van der Waals surface area contributed by atoms with Crippen LogP contribution in [0, 0.1) is 0 Å². The maximum absolute atomic E-state index is 5.65. The van der Waals surface area contributed by atoms with Crippen LogP contribution in [0.15, 0.2) is 4.52 Å². The average molecular weight is 279 g/mol. The minimum atomic E-state index is 0.0504.